The number of carboxylic acid groups (broad SMARTS) is 1. The molecule has 2 aromatic rings. The Bertz CT molecular complexity index is 620. The summed E-state index contributed by atoms with van der Waals surface area (Å²) in [6.45, 7) is -2.94. The second-order valence-electron chi connectivity index (χ2n) is 3.73. The maximum atomic E-state index is 12.3. The van der Waals surface area contributed by atoms with Crippen LogP contribution in [0.25, 0.3) is 0 Å². The number of ether oxygens (including phenoxy) is 1. The van der Waals surface area contributed by atoms with E-state index in [1.807, 2.05) is 0 Å². The molecule has 20 heavy (non-hydrogen) atoms. The smallest absolute Gasteiger partial charge is 0.387 e. The fourth-order valence-corrected chi connectivity index (χ4v) is 1.55. The average Bonchev–Trinajstić information content (AvgIpc) is 2.41. The van der Waals surface area contributed by atoms with Gasteiger partial charge < -0.3 is 15.2 Å². The Morgan fingerprint density at radius 3 is 2.75 bits per heavy atom. The molecule has 0 fully saturated rings. The Balaban J connectivity index is 2.25. The predicted octanol–water partition coefficient (Wildman–Crippen LogP) is 3.12. The molecular formula is C13H10F2N2O3. The summed E-state index contributed by atoms with van der Waals surface area (Å²) in [6.07, 6.45) is 1.31. The number of aromatic carboxylic acids is 1. The number of hydrogen-bond donors (Lipinski definition) is 2. The van der Waals surface area contributed by atoms with Crippen molar-refractivity contribution in [3.8, 4) is 5.75 Å². The summed E-state index contributed by atoms with van der Waals surface area (Å²) in [4.78, 5) is 14.5. The summed E-state index contributed by atoms with van der Waals surface area (Å²) >= 11 is 0. The highest BCUT2D eigenvalue weighted by Gasteiger charge is 2.10. The molecule has 0 spiro atoms. The Morgan fingerprint density at radius 2 is 2.05 bits per heavy atom. The van der Waals surface area contributed by atoms with Gasteiger partial charge in [0.1, 0.15) is 11.4 Å². The van der Waals surface area contributed by atoms with Gasteiger partial charge >= 0.3 is 12.6 Å². The maximum absolute atomic E-state index is 12.3. The molecule has 1 aromatic carbocycles. The molecule has 0 saturated carbocycles. The normalized spacial score (nSPS) is 10.3. The Kier molecular flexibility index (Phi) is 4.09. The third kappa shape index (κ3) is 3.41. The van der Waals surface area contributed by atoms with E-state index in [9.17, 15) is 13.6 Å². The second-order valence-corrected chi connectivity index (χ2v) is 3.73. The summed E-state index contributed by atoms with van der Waals surface area (Å²) in [6, 6.07) is 8.93. The lowest BCUT2D eigenvalue weighted by Gasteiger charge is -2.12. The Morgan fingerprint density at radius 1 is 1.30 bits per heavy atom. The predicted molar refractivity (Wildman–Crippen MR) is 67.6 cm³/mol. The van der Waals surface area contributed by atoms with Crippen LogP contribution in [0.1, 0.15) is 10.5 Å². The number of carboxylic acids is 1. The number of nitrogens with one attached hydrogen (secondary N) is 1. The number of aromatic nitrogens is 1. The van der Waals surface area contributed by atoms with Gasteiger partial charge in [0.05, 0.1) is 5.69 Å². The summed E-state index contributed by atoms with van der Waals surface area (Å²) in [7, 11) is 0. The van der Waals surface area contributed by atoms with Crippen LogP contribution in [0.3, 0.4) is 0 Å². The molecule has 0 aliphatic heterocycles. The third-order valence-corrected chi connectivity index (χ3v) is 2.36. The first-order chi connectivity index (χ1) is 9.56. The number of alkyl halides is 2. The van der Waals surface area contributed by atoms with Crippen LogP contribution in [0.4, 0.5) is 20.2 Å². The molecule has 104 valence electrons. The molecule has 0 aliphatic rings. The van der Waals surface area contributed by atoms with Crippen LogP contribution in [-0.2, 0) is 0 Å². The molecular weight excluding hydrogens is 270 g/mol. The van der Waals surface area contributed by atoms with Gasteiger partial charge in [-0.1, -0.05) is 12.1 Å². The number of halogens is 2. The van der Waals surface area contributed by atoms with Crippen molar-refractivity contribution >= 4 is 17.3 Å². The number of carbonyl (C=O) groups is 1. The molecule has 1 aromatic heterocycles. The molecule has 0 radical (unpaired) electrons. The monoisotopic (exact) mass is 280 g/mol. The largest absolute Gasteiger partial charge is 0.477 e. The van der Waals surface area contributed by atoms with Gasteiger partial charge in [0.2, 0.25) is 0 Å². The molecule has 5 nitrogen and oxygen atoms in total. The zero-order valence-electron chi connectivity index (χ0n) is 10.1. The van der Waals surface area contributed by atoms with Gasteiger partial charge in [-0.15, -0.1) is 0 Å². The highest BCUT2D eigenvalue weighted by atomic mass is 19.3. The molecule has 1 heterocycles. The van der Waals surface area contributed by atoms with Crippen LogP contribution in [0.2, 0.25) is 0 Å². The molecule has 7 heteroatoms. The second kappa shape index (κ2) is 5.96. The van der Waals surface area contributed by atoms with Crippen molar-refractivity contribution in [2.75, 3.05) is 5.32 Å². The van der Waals surface area contributed by atoms with E-state index < -0.39 is 12.6 Å². The van der Waals surface area contributed by atoms with E-state index >= 15 is 0 Å². The lowest BCUT2D eigenvalue weighted by atomic mass is 10.2. The van der Waals surface area contributed by atoms with Gasteiger partial charge in [-0.25, -0.2) is 9.78 Å². The van der Waals surface area contributed by atoms with Crippen molar-refractivity contribution in [2.45, 2.75) is 6.61 Å². The van der Waals surface area contributed by atoms with E-state index in [4.69, 9.17) is 5.11 Å². The van der Waals surface area contributed by atoms with Gasteiger partial charge in [-0.05, 0) is 24.3 Å². The summed E-state index contributed by atoms with van der Waals surface area (Å²) < 4.78 is 28.9. The first kappa shape index (κ1) is 13.7. The number of para-hydroxylation sites is 2. The molecule has 0 amide bonds. The molecule has 0 bridgehead atoms. The van der Waals surface area contributed by atoms with Crippen LogP contribution in [0.15, 0.2) is 42.6 Å². The highest BCUT2D eigenvalue weighted by Crippen LogP contribution is 2.28. The standard InChI is InChI=1S/C13H10F2N2O3/c14-13(15)20-11-4-2-1-3-9(11)17-8-5-6-16-10(7-8)12(18)19/h1-7,13H,(H,16,17)(H,18,19). The topological polar surface area (TPSA) is 71.5 Å². The van der Waals surface area contributed by atoms with Crippen molar-refractivity contribution in [3.63, 3.8) is 0 Å². The lowest BCUT2D eigenvalue weighted by molar-refractivity contribution is -0.0493. The van der Waals surface area contributed by atoms with Crippen molar-refractivity contribution in [1.29, 1.82) is 0 Å². The van der Waals surface area contributed by atoms with Crippen molar-refractivity contribution < 1.29 is 23.4 Å². The fourth-order valence-electron chi connectivity index (χ4n) is 1.55. The average molecular weight is 280 g/mol. The molecule has 0 aliphatic carbocycles. The van der Waals surface area contributed by atoms with Crippen molar-refractivity contribution in [3.05, 3.63) is 48.3 Å². The minimum atomic E-state index is -2.94. The molecule has 0 saturated heterocycles. The van der Waals surface area contributed by atoms with Gasteiger partial charge in [0.15, 0.2) is 0 Å². The van der Waals surface area contributed by atoms with Gasteiger partial charge in [0.25, 0.3) is 0 Å². The lowest BCUT2D eigenvalue weighted by Crippen LogP contribution is -2.05. The number of hydrogen-bond acceptors (Lipinski definition) is 4. The Hall–Kier alpha value is -2.70. The zero-order valence-corrected chi connectivity index (χ0v) is 10.1. The quantitative estimate of drug-likeness (QED) is 0.880. The summed E-state index contributed by atoms with van der Waals surface area (Å²) in [5, 5.41) is 11.6. The summed E-state index contributed by atoms with van der Waals surface area (Å²) in [5.74, 6) is -1.21. The van der Waals surface area contributed by atoms with Gasteiger partial charge in [-0.3, -0.25) is 0 Å². The molecule has 0 atom stereocenters. The van der Waals surface area contributed by atoms with Crippen molar-refractivity contribution in [2.24, 2.45) is 0 Å². The van der Waals surface area contributed by atoms with Crippen LogP contribution in [0, 0.1) is 0 Å². The van der Waals surface area contributed by atoms with Crippen LogP contribution < -0.4 is 10.1 Å². The van der Waals surface area contributed by atoms with E-state index in [0.717, 1.165) is 0 Å². The molecule has 0 unspecified atom stereocenters. The van der Waals surface area contributed by atoms with Gasteiger partial charge in [-0.2, -0.15) is 8.78 Å². The van der Waals surface area contributed by atoms with E-state index in [1.54, 1.807) is 18.2 Å². The molecule has 2 rings (SSSR count). The van der Waals surface area contributed by atoms with Crippen LogP contribution >= 0.6 is 0 Å². The van der Waals surface area contributed by atoms with E-state index in [1.165, 1.54) is 24.4 Å². The minimum Gasteiger partial charge on any atom is -0.477 e. The first-order valence-corrected chi connectivity index (χ1v) is 5.56. The van der Waals surface area contributed by atoms with E-state index in [2.05, 4.69) is 15.0 Å². The van der Waals surface area contributed by atoms with E-state index in [0.29, 0.717) is 11.4 Å². The van der Waals surface area contributed by atoms with E-state index in [-0.39, 0.29) is 11.4 Å². The minimum absolute atomic E-state index is 0.0313. The highest BCUT2D eigenvalue weighted by molar-refractivity contribution is 5.86. The first-order valence-electron chi connectivity index (χ1n) is 5.56. The molecule has 2 N–H and O–H groups in total. The summed E-state index contributed by atoms with van der Waals surface area (Å²) in [5.41, 5.74) is 0.556. The van der Waals surface area contributed by atoms with Crippen LogP contribution in [-0.4, -0.2) is 22.7 Å². The zero-order chi connectivity index (χ0) is 14.5. The van der Waals surface area contributed by atoms with Crippen LogP contribution in [0.5, 0.6) is 5.75 Å². The van der Waals surface area contributed by atoms with Gasteiger partial charge in [0, 0.05) is 11.9 Å². The third-order valence-electron chi connectivity index (χ3n) is 2.36. The SMILES string of the molecule is O=C(O)c1cc(Nc2ccccc2OC(F)F)ccn1. The number of pyridine rings is 1. The number of rotatable bonds is 5. The van der Waals surface area contributed by atoms with Crippen molar-refractivity contribution in [1.82, 2.24) is 4.98 Å². The fraction of sp³-hybridized carbons (Fsp3) is 0.0769. The Labute approximate surface area is 112 Å². The number of nitrogens with zero attached hydrogens (tertiary/aromatic N) is 1. The number of benzene rings is 1. The number of anilines is 2. The maximum Gasteiger partial charge on any atom is 0.387 e.